The van der Waals surface area contributed by atoms with Gasteiger partial charge in [0, 0.05) is 16.3 Å². The number of hydrogen-bond acceptors (Lipinski definition) is 1. The molecule has 0 N–H and O–H groups in total. The largest absolute Gasteiger partial charge is 0.455 e. The highest BCUT2D eigenvalue weighted by Crippen LogP contribution is 2.46. The minimum Gasteiger partial charge on any atom is -0.455 e. The first-order valence-corrected chi connectivity index (χ1v) is 16.5. The zero-order valence-corrected chi connectivity index (χ0v) is 26.2. The van der Waals surface area contributed by atoms with Crippen LogP contribution in [0, 0.1) is 0 Å². The van der Waals surface area contributed by atoms with Gasteiger partial charge in [0.15, 0.2) is 0 Å². The lowest BCUT2D eigenvalue weighted by atomic mass is 9.86. The molecule has 10 aromatic carbocycles. The standard InChI is InChI=1S/C48H28O/c1-2-8-29(9-3-1)36-24-20-32-23-27-41-38(25-21-33-22-26-40(36)45(32)46(33)41)39-13-7-15-44-47(39)42-14-6-12-37(48(42)49-44)34-19-18-31-17-16-30-10-4-5-11-35(30)43(31)28-34/h1-28H/i1D,2D,3D,8D,9D. The summed E-state index contributed by atoms with van der Waals surface area (Å²) in [4.78, 5) is 0. The molecule has 0 aliphatic rings. The molecule has 0 aliphatic heterocycles. The number of hydrogen-bond donors (Lipinski definition) is 0. The molecule has 0 fully saturated rings. The van der Waals surface area contributed by atoms with Crippen LogP contribution in [0.4, 0.5) is 0 Å². The van der Waals surface area contributed by atoms with E-state index in [1.165, 1.54) is 21.5 Å². The molecule has 226 valence electrons. The molecule has 0 bridgehead atoms. The summed E-state index contributed by atoms with van der Waals surface area (Å²) >= 11 is 0. The van der Waals surface area contributed by atoms with Gasteiger partial charge in [0.05, 0.1) is 6.85 Å². The van der Waals surface area contributed by atoms with Crippen molar-refractivity contribution in [1.29, 1.82) is 0 Å². The molecule has 0 spiro atoms. The van der Waals surface area contributed by atoms with Gasteiger partial charge < -0.3 is 4.42 Å². The average molecular weight is 626 g/mol. The Bertz CT molecular complexity index is 3370. The van der Waals surface area contributed by atoms with Crippen LogP contribution in [-0.4, -0.2) is 0 Å². The van der Waals surface area contributed by atoms with Crippen molar-refractivity contribution in [2.75, 3.05) is 0 Å². The third-order valence-electron chi connectivity index (χ3n) is 10.3. The maximum absolute atomic E-state index is 8.74. The molecule has 0 atom stereocenters. The van der Waals surface area contributed by atoms with Crippen molar-refractivity contribution in [2.24, 2.45) is 0 Å². The highest BCUT2D eigenvalue weighted by atomic mass is 16.3. The Balaban J connectivity index is 1.15. The molecule has 0 amide bonds. The van der Waals surface area contributed by atoms with Gasteiger partial charge in [0.25, 0.3) is 0 Å². The lowest BCUT2D eigenvalue weighted by Gasteiger charge is -2.17. The zero-order chi connectivity index (χ0) is 36.4. The maximum Gasteiger partial charge on any atom is 0.143 e. The van der Waals surface area contributed by atoms with Crippen molar-refractivity contribution < 1.29 is 11.3 Å². The summed E-state index contributed by atoms with van der Waals surface area (Å²) in [6.07, 6.45) is 0. The average Bonchev–Trinajstić information content (AvgIpc) is 3.61. The predicted molar refractivity (Wildman–Crippen MR) is 209 cm³/mol. The second kappa shape index (κ2) is 10.0. The van der Waals surface area contributed by atoms with Crippen molar-refractivity contribution in [3.05, 3.63) is 170 Å². The molecule has 1 nitrogen and oxygen atoms in total. The van der Waals surface area contributed by atoms with Gasteiger partial charge in [-0.05, 0) is 93.8 Å². The van der Waals surface area contributed by atoms with E-state index in [2.05, 4.69) is 115 Å². The molecule has 1 heterocycles. The molecular formula is C48H28O. The fourth-order valence-electron chi connectivity index (χ4n) is 8.11. The molecule has 1 heteroatoms. The molecule has 1 aromatic heterocycles. The Morgan fingerprint density at radius 1 is 0.367 bits per heavy atom. The first kappa shape index (κ1) is 22.2. The van der Waals surface area contributed by atoms with Crippen molar-refractivity contribution >= 4 is 75.8 Å². The van der Waals surface area contributed by atoms with Crippen LogP contribution >= 0.6 is 0 Å². The quantitative estimate of drug-likeness (QED) is 0.178. The first-order chi connectivity index (χ1) is 26.4. The monoisotopic (exact) mass is 625 g/mol. The van der Waals surface area contributed by atoms with Crippen molar-refractivity contribution in [3.63, 3.8) is 0 Å². The van der Waals surface area contributed by atoms with E-state index in [0.29, 0.717) is 5.56 Å². The minimum atomic E-state index is -0.393. The van der Waals surface area contributed by atoms with Crippen LogP contribution in [0.25, 0.3) is 109 Å². The van der Waals surface area contributed by atoms with Gasteiger partial charge in [-0.1, -0.05) is 158 Å². The Hall–Kier alpha value is -6.44. The van der Waals surface area contributed by atoms with Crippen molar-refractivity contribution in [1.82, 2.24) is 0 Å². The van der Waals surface area contributed by atoms with Crippen LogP contribution in [-0.2, 0) is 0 Å². The molecule has 0 saturated heterocycles. The normalized spacial score (nSPS) is 13.5. The Kier molecular flexibility index (Phi) is 4.54. The van der Waals surface area contributed by atoms with E-state index in [-0.39, 0.29) is 29.7 Å². The number of rotatable bonds is 3. The highest BCUT2D eigenvalue weighted by molar-refractivity contribution is 6.29. The number of furan rings is 1. The Labute approximate surface area is 289 Å². The molecular weight excluding hydrogens is 593 g/mol. The van der Waals surface area contributed by atoms with E-state index in [4.69, 9.17) is 11.3 Å². The van der Waals surface area contributed by atoms with Gasteiger partial charge >= 0.3 is 0 Å². The van der Waals surface area contributed by atoms with E-state index < -0.39 is 6.04 Å². The van der Waals surface area contributed by atoms with Crippen LogP contribution in [0.15, 0.2) is 174 Å². The van der Waals surface area contributed by atoms with Gasteiger partial charge in [-0.15, -0.1) is 0 Å². The summed E-state index contributed by atoms with van der Waals surface area (Å²) < 4.78 is 49.1. The SMILES string of the molecule is [2H]c1c([2H])c([2H])c(-c2ccc3ccc4c(-c5cccc6oc7c(-c8ccc9ccc%10ccccc%10c9c8)cccc7c56)ccc5ccc2c3c54)c([2H])c1[2H]. The van der Waals surface area contributed by atoms with Crippen LogP contribution in [0.5, 0.6) is 0 Å². The van der Waals surface area contributed by atoms with E-state index >= 15 is 0 Å². The van der Waals surface area contributed by atoms with Crippen LogP contribution in [0.3, 0.4) is 0 Å². The summed E-state index contributed by atoms with van der Waals surface area (Å²) in [5, 5.41) is 13.0. The number of fused-ring (bicyclic) bond motifs is 6. The van der Waals surface area contributed by atoms with Gasteiger partial charge in [-0.3, -0.25) is 0 Å². The molecule has 11 aromatic rings. The molecule has 0 unspecified atom stereocenters. The molecule has 0 radical (unpaired) electrons. The minimum absolute atomic E-state index is 0.202. The van der Waals surface area contributed by atoms with Gasteiger partial charge in [0.2, 0.25) is 0 Å². The smallest absolute Gasteiger partial charge is 0.143 e. The van der Waals surface area contributed by atoms with Crippen molar-refractivity contribution in [2.45, 2.75) is 0 Å². The Morgan fingerprint density at radius 3 is 1.84 bits per heavy atom. The second-order valence-electron chi connectivity index (χ2n) is 12.8. The van der Waals surface area contributed by atoms with E-state index in [0.717, 1.165) is 76.5 Å². The second-order valence-corrected chi connectivity index (χ2v) is 12.8. The van der Waals surface area contributed by atoms with Gasteiger partial charge in [0.1, 0.15) is 11.2 Å². The highest BCUT2D eigenvalue weighted by Gasteiger charge is 2.19. The summed E-state index contributed by atoms with van der Waals surface area (Å²) in [6, 6.07) is 47.3. The summed E-state index contributed by atoms with van der Waals surface area (Å²) in [6.45, 7) is 0. The van der Waals surface area contributed by atoms with E-state index in [9.17, 15) is 0 Å². The van der Waals surface area contributed by atoms with Crippen LogP contribution < -0.4 is 0 Å². The lowest BCUT2D eigenvalue weighted by Crippen LogP contribution is -1.89. The molecule has 0 saturated carbocycles. The molecule has 11 rings (SSSR count). The van der Waals surface area contributed by atoms with Crippen molar-refractivity contribution in [3.8, 4) is 33.4 Å². The van der Waals surface area contributed by atoms with Crippen LogP contribution in [0.1, 0.15) is 6.85 Å². The maximum atomic E-state index is 8.74. The third-order valence-corrected chi connectivity index (χ3v) is 10.3. The number of para-hydroxylation sites is 1. The third kappa shape index (κ3) is 3.82. The van der Waals surface area contributed by atoms with Gasteiger partial charge in [-0.2, -0.15) is 0 Å². The van der Waals surface area contributed by atoms with Crippen LogP contribution in [0.2, 0.25) is 0 Å². The predicted octanol–water partition coefficient (Wildman–Crippen LogP) is 13.8. The summed E-state index contributed by atoms with van der Waals surface area (Å²) in [7, 11) is 0. The topological polar surface area (TPSA) is 13.1 Å². The van der Waals surface area contributed by atoms with Gasteiger partial charge in [-0.25, -0.2) is 0 Å². The Morgan fingerprint density at radius 2 is 1.00 bits per heavy atom. The molecule has 49 heavy (non-hydrogen) atoms. The number of benzene rings is 10. The van der Waals surface area contributed by atoms with E-state index in [1.54, 1.807) is 0 Å². The zero-order valence-electron chi connectivity index (χ0n) is 31.2. The lowest BCUT2D eigenvalue weighted by molar-refractivity contribution is 0.670. The fraction of sp³-hybridized carbons (Fsp3) is 0. The molecule has 0 aliphatic carbocycles. The summed E-state index contributed by atoms with van der Waals surface area (Å²) in [5.74, 6) is 0. The van der Waals surface area contributed by atoms with E-state index in [1.807, 2.05) is 24.3 Å². The fourth-order valence-corrected chi connectivity index (χ4v) is 8.11. The first-order valence-electron chi connectivity index (χ1n) is 19.0. The summed E-state index contributed by atoms with van der Waals surface area (Å²) in [5.41, 5.74) is 6.77.